The van der Waals surface area contributed by atoms with Gasteiger partial charge in [0, 0.05) is 34.6 Å². The Hall–Kier alpha value is -2.35. The molecule has 0 aliphatic carbocycles. The minimum absolute atomic E-state index is 0.0790. The van der Waals surface area contributed by atoms with Crippen LogP contribution in [-0.4, -0.2) is 46.3 Å². The van der Waals surface area contributed by atoms with Gasteiger partial charge in [-0.05, 0) is 62.7 Å². The predicted octanol–water partition coefficient (Wildman–Crippen LogP) is 4.96. The molecule has 0 atom stereocenters. The number of nitrogens with one attached hydrogen (secondary N) is 1. The Morgan fingerprint density at radius 3 is 2.76 bits per heavy atom. The molecule has 0 bridgehead atoms. The number of piperidine rings is 1. The molecule has 1 aliphatic heterocycles. The van der Waals surface area contributed by atoms with E-state index < -0.39 is 0 Å². The van der Waals surface area contributed by atoms with E-state index in [9.17, 15) is 4.79 Å². The zero-order valence-electron chi connectivity index (χ0n) is 18.8. The fourth-order valence-electron chi connectivity index (χ4n) is 3.96. The molecule has 0 radical (unpaired) electrons. The number of likely N-dealkylation sites (tertiary alicyclic amines) is 1. The van der Waals surface area contributed by atoms with E-state index in [1.54, 1.807) is 0 Å². The van der Waals surface area contributed by atoms with E-state index >= 15 is 0 Å². The first-order valence-electron chi connectivity index (χ1n) is 11.3. The van der Waals surface area contributed by atoms with Crippen molar-refractivity contribution in [1.82, 2.24) is 20.4 Å². The summed E-state index contributed by atoms with van der Waals surface area (Å²) in [5.41, 5.74) is 3.50. The smallest absolute Gasteiger partial charge is 0.241 e. The number of hydrogen-bond donors (Lipinski definition) is 1. The highest BCUT2D eigenvalue weighted by molar-refractivity contribution is 7.98. The van der Waals surface area contributed by atoms with Crippen molar-refractivity contribution in [1.29, 1.82) is 0 Å². The van der Waals surface area contributed by atoms with Crippen LogP contribution in [0.2, 0.25) is 5.02 Å². The van der Waals surface area contributed by atoms with Crippen LogP contribution in [-0.2, 0) is 17.1 Å². The SMILES string of the molecule is Cc1cccc(CSCCNC(=O)C2CCN(Cc3nc(-c4ccc(Cl)cc4)no3)CC2)c1. The molecule has 1 N–H and O–H groups in total. The molecule has 3 aromatic rings. The Morgan fingerprint density at radius 2 is 2.00 bits per heavy atom. The predicted molar refractivity (Wildman–Crippen MR) is 133 cm³/mol. The molecule has 8 heteroatoms. The summed E-state index contributed by atoms with van der Waals surface area (Å²) in [5, 5.41) is 7.86. The minimum Gasteiger partial charge on any atom is -0.355 e. The Balaban J connectivity index is 1.14. The van der Waals surface area contributed by atoms with Crippen LogP contribution in [0.3, 0.4) is 0 Å². The van der Waals surface area contributed by atoms with E-state index in [0.29, 0.717) is 29.8 Å². The third kappa shape index (κ3) is 7.06. The first-order chi connectivity index (χ1) is 16.1. The van der Waals surface area contributed by atoms with E-state index in [2.05, 4.69) is 51.5 Å². The lowest BCUT2D eigenvalue weighted by molar-refractivity contribution is -0.126. The van der Waals surface area contributed by atoms with E-state index in [0.717, 1.165) is 43.0 Å². The van der Waals surface area contributed by atoms with Crippen molar-refractivity contribution in [3.8, 4) is 11.4 Å². The number of thioether (sulfide) groups is 1. The van der Waals surface area contributed by atoms with Crippen LogP contribution in [0, 0.1) is 12.8 Å². The van der Waals surface area contributed by atoms with Crippen molar-refractivity contribution in [2.45, 2.75) is 32.1 Å². The average molecular weight is 485 g/mol. The fourth-order valence-corrected chi connectivity index (χ4v) is 4.89. The Bertz CT molecular complexity index is 1050. The second-order valence-electron chi connectivity index (χ2n) is 8.40. The molecule has 174 valence electrons. The number of halogens is 1. The number of aromatic nitrogens is 2. The molecule has 2 heterocycles. The van der Waals surface area contributed by atoms with Gasteiger partial charge in [-0.3, -0.25) is 9.69 Å². The quantitative estimate of drug-likeness (QED) is 0.433. The van der Waals surface area contributed by atoms with Crippen molar-refractivity contribution >= 4 is 29.3 Å². The number of nitrogens with zero attached hydrogens (tertiary/aromatic N) is 3. The summed E-state index contributed by atoms with van der Waals surface area (Å²) in [7, 11) is 0. The molecule has 4 rings (SSSR count). The molecule has 0 unspecified atom stereocenters. The van der Waals surface area contributed by atoms with Gasteiger partial charge in [-0.1, -0.05) is 46.6 Å². The van der Waals surface area contributed by atoms with Crippen LogP contribution in [0.4, 0.5) is 0 Å². The highest BCUT2D eigenvalue weighted by Crippen LogP contribution is 2.22. The number of hydrogen-bond acceptors (Lipinski definition) is 6. The molecule has 1 aromatic heterocycles. The molecule has 33 heavy (non-hydrogen) atoms. The summed E-state index contributed by atoms with van der Waals surface area (Å²) in [6, 6.07) is 15.9. The lowest BCUT2D eigenvalue weighted by Crippen LogP contribution is -2.40. The van der Waals surface area contributed by atoms with Crippen LogP contribution in [0.25, 0.3) is 11.4 Å². The van der Waals surface area contributed by atoms with Gasteiger partial charge in [0.2, 0.25) is 17.6 Å². The maximum Gasteiger partial charge on any atom is 0.241 e. The zero-order valence-corrected chi connectivity index (χ0v) is 20.4. The van der Waals surface area contributed by atoms with Gasteiger partial charge in [0.1, 0.15) is 0 Å². The third-order valence-electron chi connectivity index (χ3n) is 5.78. The van der Waals surface area contributed by atoms with Gasteiger partial charge < -0.3 is 9.84 Å². The highest BCUT2D eigenvalue weighted by atomic mass is 35.5. The van der Waals surface area contributed by atoms with Crippen LogP contribution in [0.1, 0.15) is 29.9 Å². The molecule has 2 aromatic carbocycles. The summed E-state index contributed by atoms with van der Waals surface area (Å²) in [6.07, 6.45) is 1.70. The van der Waals surface area contributed by atoms with Crippen LogP contribution < -0.4 is 5.32 Å². The fraction of sp³-hybridized carbons (Fsp3) is 0.400. The summed E-state index contributed by atoms with van der Waals surface area (Å²) in [6.45, 7) is 5.12. The third-order valence-corrected chi connectivity index (χ3v) is 7.07. The number of benzene rings is 2. The van der Waals surface area contributed by atoms with Crippen molar-refractivity contribution in [2.75, 3.05) is 25.4 Å². The maximum atomic E-state index is 12.5. The van der Waals surface area contributed by atoms with Gasteiger partial charge in [-0.25, -0.2) is 0 Å². The molecule has 1 saturated heterocycles. The first kappa shape index (κ1) is 23.8. The van der Waals surface area contributed by atoms with E-state index in [1.165, 1.54) is 11.1 Å². The van der Waals surface area contributed by atoms with Gasteiger partial charge in [0.15, 0.2) is 0 Å². The largest absolute Gasteiger partial charge is 0.355 e. The van der Waals surface area contributed by atoms with Crippen molar-refractivity contribution < 1.29 is 9.32 Å². The Morgan fingerprint density at radius 1 is 1.21 bits per heavy atom. The molecule has 0 spiro atoms. The molecular weight excluding hydrogens is 456 g/mol. The standard InChI is InChI=1S/C25H29ClN4O2S/c1-18-3-2-4-19(15-18)17-33-14-11-27-25(31)21-9-12-30(13-10-21)16-23-28-24(29-32-23)20-5-7-22(26)8-6-20/h2-8,15,21H,9-14,16-17H2,1H3,(H,27,31). The lowest BCUT2D eigenvalue weighted by atomic mass is 9.96. The second kappa shape index (κ2) is 11.7. The average Bonchev–Trinajstić information content (AvgIpc) is 3.28. The number of carbonyl (C=O) groups is 1. The molecular formula is C25H29ClN4O2S. The van der Waals surface area contributed by atoms with E-state index in [4.69, 9.17) is 16.1 Å². The monoisotopic (exact) mass is 484 g/mol. The molecule has 0 saturated carbocycles. The molecule has 1 amide bonds. The van der Waals surface area contributed by atoms with Crippen LogP contribution >= 0.6 is 23.4 Å². The van der Waals surface area contributed by atoms with Crippen LogP contribution in [0.5, 0.6) is 0 Å². The number of amides is 1. The topological polar surface area (TPSA) is 71.3 Å². The van der Waals surface area contributed by atoms with E-state index in [1.807, 2.05) is 36.0 Å². The summed E-state index contributed by atoms with van der Waals surface area (Å²) >= 11 is 7.79. The minimum atomic E-state index is 0.0790. The van der Waals surface area contributed by atoms with Crippen LogP contribution in [0.15, 0.2) is 53.1 Å². The van der Waals surface area contributed by atoms with E-state index in [-0.39, 0.29) is 11.8 Å². The number of aryl methyl sites for hydroxylation is 1. The Labute approximate surface area is 204 Å². The number of rotatable bonds is 9. The van der Waals surface area contributed by atoms with Gasteiger partial charge >= 0.3 is 0 Å². The van der Waals surface area contributed by atoms with Crippen molar-refractivity contribution in [3.63, 3.8) is 0 Å². The van der Waals surface area contributed by atoms with Gasteiger partial charge in [0.25, 0.3) is 0 Å². The number of carbonyl (C=O) groups excluding carboxylic acids is 1. The van der Waals surface area contributed by atoms with Crippen molar-refractivity contribution in [3.05, 3.63) is 70.6 Å². The second-order valence-corrected chi connectivity index (χ2v) is 9.94. The Kier molecular flexibility index (Phi) is 8.42. The summed E-state index contributed by atoms with van der Waals surface area (Å²) in [5.74, 6) is 3.31. The van der Waals surface area contributed by atoms with Gasteiger partial charge in [0.05, 0.1) is 6.54 Å². The summed E-state index contributed by atoms with van der Waals surface area (Å²) < 4.78 is 5.42. The van der Waals surface area contributed by atoms with Gasteiger partial charge in [-0.15, -0.1) is 0 Å². The molecule has 1 fully saturated rings. The highest BCUT2D eigenvalue weighted by Gasteiger charge is 2.25. The van der Waals surface area contributed by atoms with Gasteiger partial charge in [-0.2, -0.15) is 16.7 Å². The molecule has 1 aliphatic rings. The first-order valence-corrected chi connectivity index (χ1v) is 12.8. The zero-order chi connectivity index (χ0) is 23.0. The normalized spacial score (nSPS) is 15.0. The lowest BCUT2D eigenvalue weighted by Gasteiger charge is -2.30. The van der Waals surface area contributed by atoms with Crippen molar-refractivity contribution in [2.24, 2.45) is 5.92 Å². The maximum absolute atomic E-state index is 12.5. The molecule has 6 nitrogen and oxygen atoms in total. The summed E-state index contributed by atoms with van der Waals surface area (Å²) in [4.78, 5) is 19.3.